The monoisotopic (exact) mass is 585 g/mol. The lowest BCUT2D eigenvalue weighted by molar-refractivity contribution is -0.118. The van der Waals surface area contributed by atoms with Crippen LogP contribution in [-0.2, 0) is 22.4 Å². The number of allylic oxidation sites excluding steroid dienone is 2. The lowest BCUT2D eigenvalue weighted by Gasteiger charge is -2.45. The molecular weight excluding hydrogens is 558 g/mol. The van der Waals surface area contributed by atoms with Crippen molar-refractivity contribution >= 4 is 61.2 Å². The molecule has 0 saturated heterocycles. The zero-order valence-corrected chi connectivity index (χ0v) is 23.8. The van der Waals surface area contributed by atoms with Gasteiger partial charge in [0, 0.05) is 33.4 Å². The molecule has 36 heavy (non-hydrogen) atoms. The number of anilines is 1. The number of thiophene rings is 2. The number of hydrogen-bond donors (Lipinski definition) is 1. The Morgan fingerprint density at radius 1 is 1.28 bits per heavy atom. The first-order valence-corrected chi connectivity index (χ1v) is 14.7. The molecule has 0 fully saturated rings. The minimum atomic E-state index is -0.839. The van der Waals surface area contributed by atoms with Gasteiger partial charge in [-0.1, -0.05) is 13.8 Å². The normalized spacial score (nSPS) is 23.2. The van der Waals surface area contributed by atoms with Gasteiger partial charge in [-0.25, -0.2) is 4.79 Å². The Labute approximate surface area is 227 Å². The predicted octanol–water partition coefficient (Wildman–Crippen LogP) is 6.99. The van der Waals surface area contributed by atoms with Crippen LogP contribution in [0.25, 0.3) is 0 Å². The molecule has 2 atom stereocenters. The Morgan fingerprint density at radius 2 is 2.03 bits per heavy atom. The lowest BCUT2D eigenvalue weighted by Crippen LogP contribution is -2.48. The first-order valence-electron chi connectivity index (χ1n) is 12.3. The van der Waals surface area contributed by atoms with Gasteiger partial charge in [0.25, 0.3) is 0 Å². The molecule has 1 aliphatic heterocycles. The van der Waals surface area contributed by atoms with Crippen LogP contribution in [-0.4, -0.2) is 24.2 Å². The van der Waals surface area contributed by atoms with E-state index in [2.05, 4.69) is 35.8 Å². The highest BCUT2D eigenvalue weighted by Gasteiger charge is 2.49. The van der Waals surface area contributed by atoms with Gasteiger partial charge in [0.1, 0.15) is 16.8 Å². The molecule has 3 heterocycles. The number of carbonyl (C=O) groups excluding carboxylic acids is 2. The largest absolute Gasteiger partial charge is 0.462 e. The minimum absolute atomic E-state index is 0.0209. The number of esters is 1. The number of hydrogen-bond acceptors (Lipinski definition) is 7. The van der Waals surface area contributed by atoms with Crippen LogP contribution in [0.15, 0.2) is 27.2 Å². The number of nitrogens with zero attached hydrogens (tertiary/aromatic N) is 2. The van der Waals surface area contributed by atoms with Crippen LogP contribution < -0.4 is 4.90 Å². The van der Waals surface area contributed by atoms with Crippen LogP contribution in [0.5, 0.6) is 0 Å². The van der Waals surface area contributed by atoms with Crippen molar-refractivity contribution in [3.8, 4) is 6.07 Å². The summed E-state index contributed by atoms with van der Waals surface area (Å²) in [6.07, 6.45) is 4.72. The summed E-state index contributed by atoms with van der Waals surface area (Å²) in [5.74, 6) is -1.57. The first kappa shape index (κ1) is 25.4. The number of rotatable bonds is 4. The highest BCUT2D eigenvalue weighted by molar-refractivity contribution is 9.11. The third-order valence-corrected chi connectivity index (χ3v) is 10.2. The third kappa shape index (κ3) is 4.17. The van der Waals surface area contributed by atoms with E-state index in [1.807, 2.05) is 12.1 Å². The quantitative estimate of drug-likeness (QED) is 0.390. The maximum atomic E-state index is 13.7. The number of carbonyl (C=O) groups is 2. The van der Waals surface area contributed by atoms with E-state index in [-0.39, 0.29) is 29.6 Å². The molecule has 2 aromatic heterocycles. The summed E-state index contributed by atoms with van der Waals surface area (Å²) in [4.78, 5) is 30.8. The second kappa shape index (κ2) is 9.55. The molecule has 9 heteroatoms. The molecule has 2 aliphatic carbocycles. The fourth-order valence-corrected chi connectivity index (χ4v) is 8.74. The van der Waals surface area contributed by atoms with Crippen LogP contribution in [0.1, 0.15) is 78.0 Å². The fraction of sp³-hybridized carbons (Fsp3) is 0.481. The van der Waals surface area contributed by atoms with Crippen LogP contribution in [0.2, 0.25) is 0 Å². The van der Waals surface area contributed by atoms with Crippen molar-refractivity contribution in [2.45, 2.75) is 65.2 Å². The molecule has 1 N–H and O–H groups in total. The third-order valence-electron chi connectivity index (χ3n) is 7.22. The van der Waals surface area contributed by atoms with Gasteiger partial charge in [-0.2, -0.15) is 5.26 Å². The SMILES string of the molecule is CCOC(=O)c1c(N2C(=N)C(C#N)C(c3ccc(Br)s3)C3=C2CC(C)(C)CC3=O)sc2c1CCCC2. The van der Waals surface area contributed by atoms with Gasteiger partial charge < -0.3 is 4.74 Å². The van der Waals surface area contributed by atoms with E-state index in [9.17, 15) is 20.3 Å². The highest BCUT2D eigenvalue weighted by atomic mass is 79.9. The van der Waals surface area contributed by atoms with Crippen molar-refractivity contribution in [1.82, 2.24) is 0 Å². The van der Waals surface area contributed by atoms with Crippen LogP contribution in [0, 0.1) is 28.1 Å². The molecule has 6 nitrogen and oxygen atoms in total. The summed E-state index contributed by atoms with van der Waals surface area (Å²) < 4.78 is 6.40. The number of aryl methyl sites for hydroxylation is 1. The van der Waals surface area contributed by atoms with Crippen molar-refractivity contribution in [3.63, 3.8) is 0 Å². The standard InChI is InChI=1S/C27H28BrN3O3S2/c1-4-34-26(33)22-14-7-5-6-8-18(14)36-25(22)31-16-11-27(2,3)12-17(32)23(16)21(15(13-29)24(31)30)19-9-10-20(28)35-19/h9-10,15,21,30H,4-8,11-12H2,1-3H3. The molecule has 0 bridgehead atoms. The topological polar surface area (TPSA) is 94.2 Å². The van der Waals surface area contributed by atoms with E-state index in [4.69, 9.17) is 4.74 Å². The number of Topliss-reactive ketones (excluding diaryl/α,β-unsaturated/α-hetero) is 1. The van der Waals surface area contributed by atoms with E-state index in [1.54, 1.807) is 11.8 Å². The van der Waals surface area contributed by atoms with E-state index in [0.29, 0.717) is 29.0 Å². The van der Waals surface area contributed by atoms with Crippen LogP contribution in [0.3, 0.4) is 0 Å². The number of amidine groups is 1. The molecule has 3 aliphatic rings. The summed E-state index contributed by atoms with van der Waals surface area (Å²) >= 11 is 6.54. The number of fused-ring (bicyclic) bond motifs is 1. The van der Waals surface area contributed by atoms with Gasteiger partial charge in [0.15, 0.2) is 5.78 Å². The Balaban J connectivity index is 1.78. The maximum absolute atomic E-state index is 13.7. The second-order valence-electron chi connectivity index (χ2n) is 10.4. The van der Waals surface area contributed by atoms with Gasteiger partial charge in [-0.05, 0) is 78.1 Å². The molecule has 2 unspecified atom stereocenters. The molecule has 0 saturated carbocycles. The Bertz CT molecular complexity index is 1350. The van der Waals surface area contributed by atoms with E-state index < -0.39 is 11.8 Å². The molecule has 0 aromatic carbocycles. The van der Waals surface area contributed by atoms with Crippen LogP contribution >= 0.6 is 38.6 Å². The van der Waals surface area contributed by atoms with Crippen molar-refractivity contribution in [3.05, 3.63) is 48.1 Å². The summed E-state index contributed by atoms with van der Waals surface area (Å²) in [5.41, 5.74) is 2.60. The first-order chi connectivity index (χ1) is 17.2. The number of ether oxygens (including phenoxy) is 1. The molecule has 5 rings (SSSR count). The Kier molecular flexibility index (Phi) is 6.73. The average molecular weight is 587 g/mol. The number of halogens is 1. The molecule has 2 aromatic rings. The maximum Gasteiger partial charge on any atom is 0.341 e. The molecular formula is C27H28BrN3O3S2. The zero-order chi connectivity index (χ0) is 25.8. The zero-order valence-electron chi connectivity index (χ0n) is 20.6. The fourth-order valence-electron chi connectivity index (χ4n) is 5.76. The van der Waals surface area contributed by atoms with Crippen molar-refractivity contribution in [2.24, 2.45) is 11.3 Å². The van der Waals surface area contributed by atoms with Gasteiger partial charge >= 0.3 is 5.97 Å². The highest BCUT2D eigenvalue weighted by Crippen LogP contribution is 2.53. The van der Waals surface area contributed by atoms with E-state index in [0.717, 1.165) is 50.5 Å². The summed E-state index contributed by atoms with van der Waals surface area (Å²) in [6, 6.07) is 6.22. The van der Waals surface area contributed by atoms with Crippen molar-refractivity contribution in [2.75, 3.05) is 11.5 Å². The molecule has 0 spiro atoms. The lowest BCUT2D eigenvalue weighted by atomic mass is 9.68. The van der Waals surface area contributed by atoms with Gasteiger partial charge in [-0.3, -0.25) is 15.1 Å². The Hall–Kier alpha value is -2.28. The molecule has 0 radical (unpaired) electrons. The number of nitrogens with one attached hydrogen (secondary N) is 1. The summed E-state index contributed by atoms with van der Waals surface area (Å²) in [7, 11) is 0. The molecule has 0 amide bonds. The van der Waals surface area contributed by atoms with E-state index >= 15 is 0 Å². The smallest absolute Gasteiger partial charge is 0.341 e. The van der Waals surface area contributed by atoms with Crippen LogP contribution in [0.4, 0.5) is 5.00 Å². The van der Waals surface area contributed by atoms with Gasteiger partial charge in [-0.15, -0.1) is 22.7 Å². The summed E-state index contributed by atoms with van der Waals surface area (Å²) in [5, 5.41) is 20.3. The van der Waals surface area contributed by atoms with Gasteiger partial charge in [0.2, 0.25) is 0 Å². The van der Waals surface area contributed by atoms with Crippen molar-refractivity contribution in [1.29, 1.82) is 10.7 Å². The van der Waals surface area contributed by atoms with E-state index in [1.165, 1.54) is 22.7 Å². The number of nitriles is 1. The minimum Gasteiger partial charge on any atom is -0.462 e. The summed E-state index contributed by atoms with van der Waals surface area (Å²) in [6.45, 7) is 6.18. The van der Waals surface area contributed by atoms with Gasteiger partial charge in [0.05, 0.1) is 22.0 Å². The number of ketones is 1. The predicted molar refractivity (Wildman–Crippen MR) is 146 cm³/mol. The second-order valence-corrected chi connectivity index (χ2v) is 13.9. The molecule has 188 valence electrons. The van der Waals surface area contributed by atoms with Crippen molar-refractivity contribution < 1.29 is 14.3 Å². The average Bonchev–Trinajstić information content (AvgIpc) is 3.41. The Morgan fingerprint density at radius 3 is 2.69 bits per heavy atom.